The van der Waals surface area contributed by atoms with Crippen LogP contribution in [-0.2, 0) is 9.47 Å². The van der Waals surface area contributed by atoms with Gasteiger partial charge >= 0.3 is 11.9 Å². The van der Waals surface area contributed by atoms with E-state index in [4.69, 9.17) is 21.1 Å². The standard InChI is InChI=1S/C18H20ClN3O5S/c1-6-26-16(24)12-8(2)13(21-9(12)3)15(23)10(4)27-17(25)14-11(19)7-20-18(22-14)28-5/h7,10,21H,6H2,1-5H3/t10-/m0/s1. The fourth-order valence-electron chi connectivity index (χ4n) is 2.57. The molecule has 0 saturated carbocycles. The van der Waals surface area contributed by atoms with Crippen LogP contribution in [0.2, 0.25) is 5.02 Å². The number of H-pyrrole nitrogens is 1. The molecule has 0 saturated heterocycles. The summed E-state index contributed by atoms with van der Waals surface area (Å²) in [6.07, 6.45) is 1.93. The maximum Gasteiger partial charge on any atom is 0.359 e. The zero-order chi connectivity index (χ0) is 21.0. The highest BCUT2D eigenvalue weighted by atomic mass is 35.5. The molecule has 1 atom stereocenters. The van der Waals surface area contributed by atoms with Gasteiger partial charge in [-0.1, -0.05) is 23.4 Å². The van der Waals surface area contributed by atoms with Crippen LogP contribution in [0, 0.1) is 13.8 Å². The van der Waals surface area contributed by atoms with Crippen molar-refractivity contribution in [1.82, 2.24) is 15.0 Å². The molecule has 0 aliphatic rings. The summed E-state index contributed by atoms with van der Waals surface area (Å²) < 4.78 is 10.3. The Kier molecular flexibility index (Phi) is 7.20. The van der Waals surface area contributed by atoms with E-state index < -0.39 is 23.8 Å². The van der Waals surface area contributed by atoms with Crippen molar-refractivity contribution in [1.29, 1.82) is 0 Å². The van der Waals surface area contributed by atoms with E-state index in [1.807, 2.05) is 0 Å². The monoisotopic (exact) mass is 425 g/mol. The van der Waals surface area contributed by atoms with Gasteiger partial charge in [0.15, 0.2) is 17.0 Å². The molecule has 10 heteroatoms. The largest absolute Gasteiger partial charge is 0.462 e. The smallest absolute Gasteiger partial charge is 0.359 e. The number of halogens is 1. The molecule has 150 valence electrons. The van der Waals surface area contributed by atoms with Gasteiger partial charge in [-0.25, -0.2) is 19.6 Å². The Labute approximate surface area is 171 Å². The van der Waals surface area contributed by atoms with Crippen molar-refractivity contribution in [3.63, 3.8) is 0 Å². The number of aromatic amines is 1. The minimum atomic E-state index is -1.12. The van der Waals surface area contributed by atoms with Gasteiger partial charge < -0.3 is 14.5 Å². The van der Waals surface area contributed by atoms with Gasteiger partial charge in [0, 0.05) is 5.69 Å². The second-order valence-electron chi connectivity index (χ2n) is 5.81. The van der Waals surface area contributed by atoms with E-state index in [9.17, 15) is 14.4 Å². The van der Waals surface area contributed by atoms with Gasteiger partial charge in [0.05, 0.1) is 29.1 Å². The first-order valence-electron chi connectivity index (χ1n) is 8.39. The average molecular weight is 426 g/mol. The fraction of sp³-hybridized carbons (Fsp3) is 0.389. The molecule has 28 heavy (non-hydrogen) atoms. The number of esters is 2. The van der Waals surface area contributed by atoms with Crippen molar-refractivity contribution in [3.05, 3.63) is 39.4 Å². The van der Waals surface area contributed by atoms with E-state index in [1.54, 1.807) is 27.0 Å². The number of Topliss-reactive ketones (excluding diaryl/α,β-unsaturated/α-hetero) is 1. The maximum absolute atomic E-state index is 12.8. The zero-order valence-corrected chi connectivity index (χ0v) is 17.7. The molecule has 0 aromatic carbocycles. The summed E-state index contributed by atoms with van der Waals surface area (Å²) in [6, 6.07) is 0. The lowest BCUT2D eigenvalue weighted by molar-refractivity contribution is 0.0310. The van der Waals surface area contributed by atoms with E-state index in [0.29, 0.717) is 22.0 Å². The number of carbonyl (C=O) groups is 3. The van der Waals surface area contributed by atoms with Crippen molar-refractivity contribution in [2.75, 3.05) is 12.9 Å². The second kappa shape index (κ2) is 9.20. The van der Waals surface area contributed by atoms with Gasteiger partial charge in [-0.15, -0.1) is 0 Å². The lowest BCUT2D eigenvalue weighted by atomic mass is 10.1. The molecule has 0 aliphatic carbocycles. The molecule has 2 aromatic rings. The lowest BCUT2D eigenvalue weighted by Gasteiger charge is -2.12. The van der Waals surface area contributed by atoms with E-state index in [-0.39, 0.29) is 23.0 Å². The van der Waals surface area contributed by atoms with E-state index >= 15 is 0 Å². The highest BCUT2D eigenvalue weighted by Crippen LogP contribution is 2.22. The van der Waals surface area contributed by atoms with Gasteiger partial charge in [-0.3, -0.25) is 4.79 Å². The minimum Gasteiger partial charge on any atom is -0.462 e. The predicted molar refractivity (Wildman–Crippen MR) is 104 cm³/mol. The van der Waals surface area contributed by atoms with Crippen LogP contribution >= 0.6 is 23.4 Å². The van der Waals surface area contributed by atoms with Crippen LogP contribution in [0.1, 0.15) is 56.4 Å². The summed E-state index contributed by atoms with van der Waals surface area (Å²) in [4.78, 5) is 48.1. The maximum atomic E-state index is 12.8. The molecule has 0 aliphatic heterocycles. The predicted octanol–water partition coefficient (Wildman–Crippen LogP) is 3.40. The molecule has 2 aromatic heterocycles. The molecule has 0 bridgehead atoms. The minimum absolute atomic E-state index is 0.0268. The van der Waals surface area contributed by atoms with Crippen LogP contribution in [0.3, 0.4) is 0 Å². The van der Waals surface area contributed by atoms with Crippen LogP contribution in [-0.4, -0.2) is 51.6 Å². The Balaban J connectivity index is 2.23. The second-order valence-corrected chi connectivity index (χ2v) is 6.99. The number of hydrogen-bond acceptors (Lipinski definition) is 8. The Morgan fingerprint density at radius 2 is 1.96 bits per heavy atom. The zero-order valence-electron chi connectivity index (χ0n) is 16.1. The number of rotatable bonds is 7. The van der Waals surface area contributed by atoms with Crippen LogP contribution < -0.4 is 0 Å². The molecular formula is C18H20ClN3O5S. The first-order chi connectivity index (χ1) is 13.2. The van der Waals surface area contributed by atoms with Gasteiger partial charge in [0.1, 0.15) is 0 Å². The number of nitrogens with zero attached hydrogens (tertiary/aromatic N) is 2. The van der Waals surface area contributed by atoms with Crippen LogP contribution in [0.5, 0.6) is 0 Å². The average Bonchev–Trinajstić information content (AvgIpc) is 2.95. The Morgan fingerprint density at radius 3 is 2.57 bits per heavy atom. The van der Waals surface area contributed by atoms with Crippen LogP contribution in [0.4, 0.5) is 0 Å². The van der Waals surface area contributed by atoms with E-state index in [0.717, 1.165) is 0 Å². The summed E-state index contributed by atoms with van der Waals surface area (Å²) in [5.74, 6) is -1.84. The quantitative estimate of drug-likeness (QED) is 0.311. The number of carbonyl (C=O) groups excluding carboxylic acids is 3. The summed E-state index contributed by atoms with van der Waals surface area (Å²) >= 11 is 7.20. The van der Waals surface area contributed by atoms with E-state index in [2.05, 4.69) is 15.0 Å². The molecule has 2 rings (SSSR count). The SMILES string of the molecule is CCOC(=O)c1c(C)[nH]c(C(=O)[C@H](C)OC(=O)c2nc(SC)ncc2Cl)c1C. The third-order valence-corrected chi connectivity index (χ3v) is 4.75. The molecule has 1 N–H and O–H groups in total. The lowest BCUT2D eigenvalue weighted by Crippen LogP contribution is -2.26. The molecular weight excluding hydrogens is 406 g/mol. The fourth-order valence-corrected chi connectivity index (χ4v) is 3.08. The van der Waals surface area contributed by atoms with Gasteiger partial charge in [0.2, 0.25) is 5.78 Å². The number of aryl methyl sites for hydroxylation is 1. The molecule has 0 fully saturated rings. The normalized spacial score (nSPS) is 11.8. The van der Waals surface area contributed by atoms with Gasteiger partial charge in [-0.2, -0.15) is 0 Å². The highest BCUT2D eigenvalue weighted by molar-refractivity contribution is 7.98. The first-order valence-corrected chi connectivity index (χ1v) is 9.99. The third-order valence-electron chi connectivity index (χ3n) is 3.91. The van der Waals surface area contributed by atoms with Crippen LogP contribution in [0.25, 0.3) is 0 Å². The summed E-state index contributed by atoms with van der Waals surface area (Å²) in [7, 11) is 0. The molecule has 8 nitrogen and oxygen atoms in total. The number of ketones is 1. The summed E-state index contributed by atoms with van der Waals surface area (Å²) in [6.45, 7) is 6.65. The number of nitrogens with one attached hydrogen (secondary N) is 1. The third kappa shape index (κ3) is 4.53. The van der Waals surface area contributed by atoms with Crippen molar-refractivity contribution < 1.29 is 23.9 Å². The van der Waals surface area contributed by atoms with Crippen molar-refractivity contribution >= 4 is 41.1 Å². The first kappa shape index (κ1) is 21.9. The Bertz CT molecular complexity index is 928. The molecule has 0 unspecified atom stereocenters. The van der Waals surface area contributed by atoms with Crippen molar-refractivity contribution in [2.24, 2.45) is 0 Å². The number of thioether (sulfide) groups is 1. The van der Waals surface area contributed by atoms with Gasteiger partial charge in [0.25, 0.3) is 0 Å². The molecule has 0 spiro atoms. The molecule has 2 heterocycles. The highest BCUT2D eigenvalue weighted by Gasteiger charge is 2.28. The van der Waals surface area contributed by atoms with Crippen molar-refractivity contribution in [2.45, 2.75) is 39.0 Å². The topological polar surface area (TPSA) is 111 Å². The van der Waals surface area contributed by atoms with Crippen molar-refractivity contribution in [3.8, 4) is 0 Å². The van der Waals surface area contributed by atoms with E-state index in [1.165, 1.54) is 24.9 Å². The number of ether oxygens (including phenoxy) is 2. The van der Waals surface area contributed by atoms with Crippen LogP contribution in [0.15, 0.2) is 11.4 Å². The summed E-state index contributed by atoms with van der Waals surface area (Å²) in [5.41, 5.74) is 1.30. The Morgan fingerprint density at radius 1 is 1.29 bits per heavy atom. The summed E-state index contributed by atoms with van der Waals surface area (Å²) in [5, 5.41) is 0.379. The molecule has 0 radical (unpaired) electrons. The number of hydrogen-bond donors (Lipinski definition) is 1. The molecule has 0 amide bonds. The van der Waals surface area contributed by atoms with Gasteiger partial charge in [-0.05, 0) is 39.5 Å². The Hall–Kier alpha value is -2.39. The number of aromatic nitrogens is 3.